The number of carbonyl (C=O) groups is 2. The van der Waals surface area contributed by atoms with Crippen LogP contribution in [-0.4, -0.2) is 23.3 Å². The molecule has 0 radical (unpaired) electrons. The second-order valence-electron chi connectivity index (χ2n) is 4.84. The number of rotatable bonds is 6. The van der Waals surface area contributed by atoms with Gasteiger partial charge in [-0.1, -0.05) is 31.9 Å². The second-order valence-corrected chi connectivity index (χ2v) is 9.36. The van der Waals surface area contributed by atoms with E-state index in [1.807, 2.05) is 36.4 Å². The summed E-state index contributed by atoms with van der Waals surface area (Å²) in [5, 5.41) is 5.62. The van der Waals surface area contributed by atoms with Gasteiger partial charge >= 0.3 is 0 Å². The predicted molar refractivity (Wildman–Crippen MR) is 118 cm³/mol. The lowest BCUT2D eigenvalue weighted by Gasteiger charge is -2.09. The second kappa shape index (κ2) is 10.1. The highest BCUT2D eigenvalue weighted by Crippen LogP contribution is 2.27. The summed E-state index contributed by atoms with van der Waals surface area (Å²) in [6.07, 6.45) is 0. The van der Waals surface area contributed by atoms with E-state index in [1.165, 1.54) is 11.8 Å². The first-order valence-corrected chi connectivity index (χ1v) is 11.3. The molecule has 2 N–H and O–H groups in total. The molecular weight excluding hydrogens is 604 g/mol. The van der Waals surface area contributed by atoms with Gasteiger partial charge in [0.2, 0.25) is 11.8 Å². The van der Waals surface area contributed by atoms with Gasteiger partial charge in [0, 0.05) is 17.9 Å². The van der Waals surface area contributed by atoms with Gasteiger partial charge in [0.25, 0.3) is 0 Å². The number of nitrogens with one attached hydrogen (secondary N) is 2. The van der Waals surface area contributed by atoms with Crippen LogP contribution in [-0.2, 0) is 9.59 Å². The van der Waals surface area contributed by atoms with Crippen molar-refractivity contribution in [2.75, 3.05) is 22.1 Å². The third kappa shape index (κ3) is 7.05. The normalized spacial score (nSPS) is 10.4. The van der Waals surface area contributed by atoms with Crippen molar-refractivity contribution in [1.29, 1.82) is 0 Å². The summed E-state index contributed by atoms with van der Waals surface area (Å²) < 4.78 is 3.34. The van der Waals surface area contributed by atoms with Crippen LogP contribution in [0.5, 0.6) is 0 Å². The highest BCUT2D eigenvalue weighted by Gasteiger charge is 2.10. The average molecular weight is 616 g/mol. The van der Waals surface area contributed by atoms with Gasteiger partial charge in [0.15, 0.2) is 0 Å². The summed E-state index contributed by atoms with van der Waals surface area (Å²) in [5.41, 5.74) is 1.37. The SMILES string of the molecule is O=C(CSCC(=O)Nc1cc(Br)ccc1Br)Nc1cc(Br)ccc1Br. The van der Waals surface area contributed by atoms with Crippen LogP contribution in [0.2, 0.25) is 0 Å². The summed E-state index contributed by atoms with van der Waals surface area (Å²) in [5.74, 6) is 0.0402. The summed E-state index contributed by atoms with van der Waals surface area (Å²) >= 11 is 14.7. The van der Waals surface area contributed by atoms with Crippen LogP contribution < -0.4 is 10.6 Å². The van der Waals surface area contributed by atoms with Crippen molar-refractivity contribution in [1.82, 2.24) is 0 Å². The van der Waals surface area contributed by atoms with E-state index >= 15 is 0 Å². The Morgan fingerprint density at radius 3 is 1.56 bits per heavy atom. The van der Waals surface area contributed by atoms with Crippen LogP contribution in [0.3, 0.4) is 0 Å². The smallest absolute Gasteiger partial charge is 0.234 e. The maximum atomic E-state index is 12.0. The number of carbonyl (C=O) groups excluding carboxylic acids is 2. The lowest BCUT2D eigenvalue weighted by Crippen LogP contribution is -2.18. The highest BCUT2D eigenvalue weighted by atomic mass is 79.9. The van der Waals surface area contributed by atoms with E-state index < -0.39 is 0 Å². The predicted octanol–water partition coefficient (Wildman–Crippen LogP) is 6.05. The number of halogens is 4. The van der Waals surface area contributed by atoms with Crippen molar-refractivity contribution in [3.63, 3.8) is 0 Å². The molecule has 0 aliphatic rings. The summed E-state index contributed by atoms with van der Waals surface area (Å²) in [6.45, 7) is 0. The number of hydrogen-bond donors (Lipinski definition) is 2. The molecule has 132 valence electrons. The lowest BCUT2D eigenvalue weighted by atomic mass is 10.3. The molecule has 4 nitrogen and oxygen atoms in total. The number of anilines is 2. The molecule has 0 atom stereocenters. The van der Waals surface area contributed by atoms with Crippen LogP contribution >= 0.6 is 75.5 Å². The van der Waals surface area contributed by atoms with Crippen molar-refractivity contribution < 1.29 is 9.59 Å². The Hall–Kier alpha value is -0.350. The average Bonchev–Trinajstić information content (AvgIpc) is 2.54. The molecule has 0 spiro atoms. The molecule has 25 heavy (non-hydrogen) atoms. The van der Waals surface area contributed by atoms with Crippen LogP contribution in [0.15, 0.2) is 54.3 Å². The first-order valence-electron chi connectivity index (χ1n) is 6.92. The summed E-state index contributed by atoms with van der Waals surface area (Å²) in [4.78, 5) is 24.0. The molecule has 0 aromatic heterocycles. The minimum atomic E-state index is -0.166. The van der Waals surface area contributed by atoms with Gasteiger partial charge in [-0.25, -0.2) is 0 Å². The van der Waals surface area contributed by atoms with Crippen LogP contribution in [0, 0.1) is 0 Å². The first kappa shape index (κ1) is 21.0. The molecule has 2 amide bonds. The van der Waals surface area contributed by atoms with E-state index in [1.54, 1.807) is 0 Å². The van der Waals surface area contributed by atoms with Crippen molar-refractivity contribution >= 4 is 98.7 Å². The molecule has 9 heteroatoms. The van der Waals surface area contributed by atoms with Gasteiger partial charge in [0.05, 0.1) is 22.9 Å². The fourth-order valence-corrected chi connectivity index (χ4v) is 3.83. The Labute approximate surface area is 183 Å². The van der Waals surface area contributed by atoms with Gasteiger partial charge in [-0.05, 0) is 68.3 Å². The third-order valence-corrected chi connectivity index (χ3v) is 6.17. The van der Waals surface area contributed by atoms with Gasteiger partial charge in [-0.3, -0.25) is 9.59 Å². The Balaban J connectivity index is 1.79. The van der Waals surface area contributed by atoms with Crippen molar-refractivity contribution in [3.05, 3.63) is 54.3 Å². The standard InChI is InChI=1S/C16H12Br4N2O2S/c17-9-1-3-11(19)13(5-9)21-15(23)7-25-8-16(24)22-14-6-10(18)2-4-12(14)20/h1-6H,7-8H2,(H,21,23)(H,22,24). The molecular formula is C16H12Br4N2O2S. The van der Waals surface area contributed by atoms with Crippen LogP contribution in [0.1, 0.15) is 0 Å². The summed E-state index contributed by atoms with van der Waals surface area (Å²) in [7, 11) is 0. The Morgan fingerprint density at radius 2 is 1.16 bits per heavy atom. The minimum Gasteiger partial charge on any atom is -0.324 e. The van der Waals surface area contributed by atoms with E-state index in [9.17, 15) is 9.59 Å². The fraction of sp³-hybridized carbons (Fsp3) is 0.125. The minimum absolute atomic E-state index is 0.166. The van der Waals surface area contributed by atoms with E-state index in [0.717, 1.165) is 17.9 Å². The molecule has 0 saturated carbocycles. The number of thioether (sulfide) groups is 1. The number of hydrogen-bond acceptors (Lipinski definition) is 3. The molecule has 2 aromatic carbocycles. The molecule has 0 aliphatic heterocycles. The molecule has 0 saturated heterocycles. The van der Waals surface area contributed by atoms with E-state index in [2.05, 4.69) is 74.4 Å². The van der Waals surface area contributed by atoms with Gasteiger partial charge in [-0.2, -0.15) is 0 Å². The van der Waals surface area contributed by atoms with E-state index in [0.29, 0.717) is 11.4 Å². The molecule has 0 bridgehead atoms. The Morgan fingerprint density at radius 1 is 0.760 bits per heavy atom. The zero-order chi connectivity index (χ0) is 18.4. The molecule has 2 rings (SSSR count). The number of amides is 2. The molecule has 0 heterocycles. The maximum Gasteiger partial charge on any atom is 0.234 e. The van der Waals surface area contributed by atoms with E-state index in [4.69, 9.17) is 0 Å². The van der Waals surface area contributed by atoms with Gasteiger partial charge in [0.1, 0.15) is 0 Å². The lowest BCUT2D eigenvalue weighted by molar-refractivity contribution is -0.114. The molecule has 0 fully saturated rings. The van der Waals surface area contributed by atoms with Crippen LogP contribution in [0.4, 0.5) is 11.4 Å². The van der Waals surface area contributed by atoms with Crippen LogP contribution in [0.25, 0.3) is 0 Å². The molecule has 2 aromatic rings. The van der Waals surface area contributed by atoms with E-state index in [-0.39, 0.29) is 23.3 Å². The van der Waals surface area contributed by atoms with Crippen molar-refractivity contribution in [2.24, 2.45) is 0 Å². The number of benzene rings is 2. The molecule has 0 unspecified atom stereocenters. The maximum absolute atomic E-state index is 12.0. The largest absolute Gasteiger partial charge is 0.324 e. The Kier molecular flexibility index (Phi) is 8.47. The third-order valence-electron chi connectivity index (χ3n) is 2.87. The quantitative estimate of drug-likeness (QED) is 0.416. The first-order chi connectivity index (χ1) is 11.8. The summed E-state index contributed by atoms with van der Waals surface area (Å²) in [6, 6.07) is 11.1. The monoisotopic (exact) mass is 612 g/mol. The topological polar surface area (TPSA) is 58.2 Å². The zero-order valence-electron chi connectivity index (χ0n) is 12.6. The van der Waals surface area contributed by atoms with Gasteiger partial charge in [-0.15, -0.1) is 11.8 Å². The Bertz CT molecular complexity index is 736. The zero-order valence-corrected chi connectivity index (χ0v) is 19.8. The molecule has 0 aliphatic carbocycles. The van der Waals surface area contributed by atoms with Gasteiger partial charge < -0.3 is 10.6 Å². The fourth-order valence-electron chi connectivity index (χ4n) is 1.80. The van der Waals surface area contributed by atoms with Crippen molar-refractivity contribution in [2.45, 2.75) is 0 Å². The van der Waals surface area contributed by atoms with Crippen molar-refractivity contribution in [3.8, 4) is 0 Å². The highest BCUT2D eigenvalue weighted by molar-refractivity contribution is 9.11.